The van der Waals surface area contributed by atoms with Gasteiger partial charge in [-0.25, -0.2) is 14.3 Å². The molecule has 1 saturated heterocycles. The molecule has 0 aliphatic carbocycles. The number of likely N-dealkylation sites (tertiary alicyclic amines) is 1. The molecular formula is C20H26N4O4. The van der Waals surface area contributed by atoms with Crippen molar-refractivity contribution in [2.45, 2.75) is 38.7 Å². The van der Waals surface area contributed by atoms with Crippen molar-refractivity contribution >= 4 is 17.9 Å². The fourth-order valence-corrected chi connectivity index (χ4v) is 3.35. The molecule has 0 radical (unpaired) electrons. The lowest BCUT2D eigenvalue weighted by Crippen LogP contribution is -2.35. The van der Waals surface area contributed by atoms with E-state index in [0.29, 0.717) is 30.9 Å². The number of nitrogens with zero attached hydrogens (tertiary/aromatic N) is 3. The van der Waals surface area contributed by atoms with Gasteiger partial charge in [-0.2, -0.15) is 5.10 Å². The summed E-state index contributed by atoms with van der Waals surface area (Å²) in [6.45, 7) is 6.42. The van der Waals surface area contributed by atoms with Crippen molar-refractivity contribution < 1.29 is 19.1 Å². The predicted molar refractivity (Wildman–Crippen MR) is 104 cm³/mol. The number of benzene rings is 1. The van der Waals surface area contributed by atoms with E-state index in [2.05, 4.69) is 5.10 Å². The van der Waals surface area contributed by atoms with Gasteiger partial charge in [-0.3, -0.25) is 0 Å². The average molecular weight is 386 g/mol. The molecule has 1 unspecified atom stereocenters. The highest BCUT2D eigenvalue weighted by Crippen LogP contribution is 2.35. The van der Waals surface area contributed by atoms with Crippen molar-refractivity contribution in [2.75, 3.05) is 25.9 Å². The van der Waals surface area contributed by atoms with Crippen molar-refractivity contribution in [3.05, 3.63) is 41.6 Å². The van der Waals surface area contributed by atoms with E-state index < -0.39 is 11.6 Å². The van der Waals surface area contributed by atoms with Gasteiger partial charge in [0.05, 0.1) is 12.8 Å². The van der Waals surface area contributed by atoms with Crippen LogP contribution in [0.15, 0.2) is 30.3 Å². The summed E-state index contributed by atoms with van der Waals surface area (Å²) in [6.07, 6.45) is 0.289. The highest BCUT2D eigenvalue weighted by molar-refractivity contribution is 5.91. The van der Waals surface area contributed by atoms with Crippen LogP contribution < -0.4 is 5.73 Å². The van der Waals surface area contributed by atoms with Crippen molar-refractivity contribution in [2.24, 2.45) is 0 Å². The van der Waals surface area contributed by atoms with Crippen LogP contribution in [-0.4, -0.2) is 52.5 Å². The molecule has 2 aromatic rings. The van der Waals surface area contributed by atoms with Gasteiger partial charge in [0.2, 0.25) is 0 Å². The Kier molecular flexibility index (Phi) is 5.31. The molecule has 1 aromatic heterocycles. The Morgan fingerprint density at radius 2 is 1.89 bits per heavy atom. The summed E-state index contributed by atoms with van der Waals surface area (Å²) >= 11 is 0. The number of hydrogen-bond acceptors (Lipinski definition) is 6. The molecule has 8 nitrogen and oxygen atoms in total. The van der Waals surface area contributed by atoms with Crippen molar-refractivity contribution in [3.8, 4) is 5.69 Å². The van der Waals surface area contributed by atoms with Crippen LogP contribution in [0.4, 0.5) is 10.6 Å². The first-order valence-corrected chi connectivity index (χ1v) is 9.21. The van der Waals surface area contributed by atoms with Crippen molar-refractivity contribution in [3.63, 3.8) is 0 Å². The summed E-state index contributed by atoms with van der Waals surface area (Å²) in [4.78, 5) is 26.4. The number of amides is 1. The molecule has 1 amide bonds. The number of hydrogen-bond donors (Lipinski definition) is 1. The Hall–Kier alpha value is -3.03. The van der Waals surface area contributed by atoms with Gasteiger partial charge in [-0.15, -0.1) is 0 Å². The predicted octanol–water partition coefficient (Wildman–Crippen LogP) is 2.97. The third kappa shape index (κ3) is 3.95. The largest absolute Gasteiger partial charge is 0.464 e. The Morgan fingerprint density at radius 3 is 2.50 bits per heavy atom. The molecule has 150 valence electrons. The van der Waals surface area contributed by atoms with Gasteiger partial charge in [0.1, 0.15) is 11.4 Å². The number of rotatable bonds is 3. The number of methoxy groups -OCH3 is 1. The van der Waals surface area contributed by atoms with E-state index in [9.17, 15) is 9.59 Å². The molecule has 1 fully saturated rings. The molecular weight excluding hydrogens is 360 g/mol. The number of ether oxygens (including phenoxy) is 2. The van der Waals surface area contributed by atoms with Gasteiger partial charge in [-0.05, 0) is 39.3 Å². The van der Waals surface area contributed by atoms with E-state index in [4.69, 9.17) is 15.2 Å². The Balaban J connectivity index is 1.92. The minimum atomic E-state index is -0.566. The van der Waals surface area contributed by atoms with E-state index >= 15 is 0 Å². The number of nitrogen functional groups attached to an aromatic ring is 1. The molecule has 8 heteroatoms. The van der Waals surface area contributed by atoms with Crippen LogP contribution in [0.1, 0.15) is 49.2 Å². The zero-order chi connectivity index (χ0) is 20.5. The van der Waals surface area contributed by atoms with Crippen LogP contribution in [0.25, 0.3) is 5.69 Å². The van der Waals surface area contributed by atoms with Crippen LogP contribution in [0, 0.1) is 0 Å². The maximum Gasteiger partial charge on any atom is 0.410 e. The quantitative estimate of drug-likeness (QED) is 0.814. The highest BCUT2D eigenvalue weighted by Gasteiger charge is 2.36. The average Bonchev–Trinajstić information content (AvgIpc) is 3.25. The SMILES string of the molecule is COC(=O)c1nn(-c2ccccc2)c(N)c1C1CCN(C(=O)OC(C)(C)C)C1. The smallest absolute Gasteiger partial charge is 0.410 e. The topological polar surface area (TPSA) is 99.7 Å². The Morgan fingerprint density at radius 1 is 1.21 bits per heavy atom. The van der Waals surface area contributed by atoms with Gasteiger partial charge in [-0.1, -0.05) is 18.2 Å². The second-order valence-electron chi connectivity index (χ2n) is 7.80. The van der Waals surface area contributed by atoms with Crippen LogP contribution in [0.3, 0.4) is 0 Å². The fraction of sp³-hybridized carbons (Fsp3) is 0.450. The summed E-state index contributed by atoms with van der Waals surface area (Å²) in [7, 11) is 1.31. The number of esters is 1. The zero-order valence-corrected chi connectivity index (χ0v) is 16.6. The van der Waals surface area contributed by atoms with E-state index in [-0.39, 0.29) is 17.7 Å². The van der Waals surface area contributed by atoms with Crippen LogP contribution in [0.5, 0.6) is 0 Å². The minimum absolute atomic E-state index is 0.126. The normalized spacial score (nSPS) is 16.9. The van der Waals surface area contributed by atoms with Gasteiger partial charge < -0.3 is 20.1 Å². The number of aromatic nitrogens is 2. The molecule has 0 spiro atoms. The number of anilines is 1. The lowest BCUT2D eigenvalue weighted by atomic mass is 9.97. The molecule has 3 rings (SSSR count). The molecule has 28 heavy (non-hydrogen) atoms. The molecule has 2 N–H and O–H groups in total. The van der Waals surface area contributed by atoms with Crippen LogP contribution in [-0.2, 0) is 9.47 Å². The summed E-state index contributed by atoms with van der Waals surface area (Å²) in [5.41, 5.74) is 7.37. The van der Waals surface area contributed by atoms with Gasteiger partial charge >= 0.3 is 12.1 Å². The lowest BCUT2D eigenvalue weighted by molar-refractivity contribution is 0.0292. The molecule has 2 heterocycles. The number of para-hydroxylation sites is 1. The molecule has 1 aliphatic rings. The third-order valence-corrected chi connectivity index (χ3v) is 4.59. The maximum absolute atomic E-state index is 12.4. The zero-order valence-electron chi connectivity index (χ0n) is 16.6. The Labute approximate surface area is 164 Å². The van der Waals surface area contributed by atoms with E-state index in [0.717, 1.165) is 5.69 Å². The minimum Gasteiger partial charge on any atom is -0.464 e. The van der Waals surface area contributed by atoms with Gasteiger partial charge in [0.25, 0.3) is 0 Å². The van der Waals surface area contributed by atoms with Gasteiger partial charge in [0, 0.05) is 24.6 Å². The maximum atomic E-state index is 12.4. The summed E-state index contributed by atoms with van der Waals surface area (Å²) < 4.78 is 11.9. The molecule has 1 atom stereocenters. The van der Waals surface area contributed by atoms with Crippen molar-refractivity contribution in [1.29, 1.82) is 0 Å². The lowest BCUT2D eigenvalue weighted by Gasteiger charge is -2.24. The van der Waals surface area contributed by atoms with Gasteiger partial charge in [0.15, 0.2) is 5.69 Å². The second-order valence-corrected chi connectivity index (χ2v) is 7.80. The first-order chi connectivity index (χ1) is 13.2. The number of nitrogens with two attached hydrogens (primary N) is 1. The third-order valence-electron chi connectivity index (χ3n) is 4.59. The van der Waals surface area contributed by atoms with Crippen LogP contribution >= 0.6 is 0 Å². The fourth-order valence-electron chi connectivity index (χ4n) is 3.35. The number of carbonyl (C=O) groups excluding carboxylic acids is 2. The second kappa shape index (κ2) is 7.53. The van der Waals surface area contributed by atoms with E-state index in [1.54, 1.807) is 4.90 Å². The Bertz CT molecular complexity index is 870. The first kappa shape index (κ1) is 19.7. The molecule has 0 saturated carbocycles. The first-order valence-electron chi connectivity index (χ1n) is 9.21. The molecule has 1 aromatic carbocycles. The van der Waals surface area contributed by atoms with E-state index in [1.165, 1.54) is 11.8 Å². The highest BCUT2D eigenvalue weighted by atomic mass is 16.6. The summed E-state index contributed by atoms with van der Waals surface area (Å²) in [6, 6.07) is 9.34. The number of carbonyl (C=O) groups is 2. The van der Waals surface area contributed by atoms with Crippen LogP contribution in [0.2, 0.25) is 0 Å². The molecule has 0 bridgehead atoms. The summed E-state index contributed by atoms with van der Waals surface area (Å²) in [5.74, 6) is -0.297. The van der Waals surface area contributed by atoms with E-state index in [1.807, 2.05) is 51.1 Å². The standard InChI is InChI=1S/C20H26N4O4/c1-20(2,3)28-19(26)23-11-10-13(12-23)15-16(18(25)27-4)22-24(17(15)21)14-8-6-5-7-9-14/h5-9,13H,10-12,21H2,1-4H3. The summed E-state index contributed by atoms with van der Waals surface area (Å²) in [5, 5.41) is 4.41. The van der Waals surface area contributed by atoms with Crippen molar-refractivity contribution in [1.82, 2.24) is 14.7 Å². The molecule has 1 aliphatic heterocycles. The monoisotopic (exact) mass is 386 g/mol.